The second-order valence-corrected chi connectivity index (χ2v) is 8.73. The molecule has 0 bridgehead atoms. The summed E-state index contributed by atoms with van der Waals surface area (Å²) < 4.78 is 47.3. The van der Waals surface area contributed by atoms with E-state index in [-0.39, 0.29) is 5.82 Å². The van der Waals surface area contributed by atoms with E-state index >= 15 is 0 Å². The predicted molar refractivity (Wildman–Crippen MR) is 92.3 cm³/mol. The van der Waals surface area contributed by atoms with Crippen LogP contribution in [0, 0.1) is 5.82 Å². The fraction of sp³-hybridized carbons (Fsp3) is 0.600. The first kappa shape index (κ1) is 18.2. The van der Waals surface area contributed by atoms with E-state index in [1.54, 1.807) is 16.4 Å². The lowest BCUT2D eigenvalue weighted by molar-refractivity contribution is 0.0684. The Bertz CT molecular complexity index is 675. The Morgan fingerprint density at radius 3 is 2.29 bits per heavy atom. The van der Waals surface area contributed by atoms with E-state index in [1.807, 2.05) is 0 Å². The van der Waals surface area contributed by atoms with E-state index < -0.39 is 10.2 Å². The van der Waals surface area contributed by atoms with E-state index in [4.69, 9.17) is 4.74 Å². The number of benzene rings is 1. The maximum absolute atomic E-state index is 13.3. The molecule has 9 heteroatoms. The van der Waals surface area contributed by atoms with Crippen molar-refractivity contribution in [2.24, 2.45) is 0 Å². The molecule has 3 rings (SSSR count). The molecule has 2 fully saturated rings. The minimum absolute atomic E-state index is 0.278. The van der Waals surface area contributed by atoms with Crippen molar-refractivity contribution in [3.63, 3.8) is 0 Å². The zero-order chi connectivity index (χ0) is 17.2. The number of hydrogen-bond donors (Lipinski definition) is 0. The minimum Gasteiger partial charge on any atom is -0.379 e. The van der Waals surface area contributed by atoms with Crippen molar-refractivity contribution in [3.8, 4) is 0 Å². The summed E-state index contributed by atoms with van der Waals surface area (Å²) in [6.45, 7) is 4.72. The average molecular weight is 422 g/mol. The molecule has 0 aliphatic carbocycles. The summed E-state index contributed by atoms with van der Waals surface area (Å²) in [4.78, 5) is 2.19. The smallest absolute Gasteiger partial charge is 0.282 e. The molecule has 2 heterocycles. The highest BCUT2D eigenvalue weighted by molar-refractivity contribution is 9.10. The number of halogens is 2. The van der Waals surface area contributed by atoms with E-state index in [1.165, 1.54) is 10.4 Å². The van der Waals surface area contributed by atoms with Crippen LogP contribution in [0.1, 0.15) is 5.56 Å². The van der Waals surface area contributed by atoms with Crippen LogP contribution in [0.15, 0.2) is 22.7 Å². The first-order valence-corrected chi connectivity index (χ1v) is 10.1. The van der Waals surface area contributed by atoms with Crippen LogP contribution in [0.25, 0.3) is 0 Å². The second kappa shape index (κ2) is 7.76. The highest BCUT2D eigenvalue weighted by atomic mass is 79.9. The normalized spacial score (nSPS) is 21.9. The van der Waals surface area contributed by atoms with E-state index in [9.17, 15) is 12.8 Å². The number of nitrogens with zero attached hydrogens (tertiary/aromatic N) is 3. The lowest BCUT2D eigenvalue weighted by atomic mass is 10.2. The number of piperazine rings is 1. The van der Waals surface area contributed by atoms with Gasteiger partial charge in [-0.15, -0.1) is 0 Å². The topological polar surface area (TPSA) is 53.1 Å². The summed E-state index contributed by atoms with van der Waals surface area (Å²) in [5.74, 6) is -0.278. The zero-order valence-electron chi connectivity index (χ0n) is 13.3. The quantitative estimate of drug-likeness (QED) is 0.734. The number of ether oxygens (including phenoxy) is 1. The van der Waals surface area contributed by atoms with Gasteiger partial charge in [-0.25, -0.2) is 4.39 Å². The molecule has 0 amide bonds. The lowest BCUT2D eigenvalue weighted by Crippen LogP contribution is -2.54. The molecule has 0 radical (unpaired) electrons. The molecule has 0 N–H and O–H groups in total. The molecule has 0 atom stereocenters. The Kier molecular flexibility index (Phi) is 5.89. The first-order chi connectivity index (χ1) is 11.5. The van der Waals surface area contributed by atoms with Crippen LogP contribution in [0.2, 0.25) is 0 Å². The fourth-order valence-corrected chi connectivity index (χ4v) is 4.94. The van der Waals surface area contributed by atoms with Gasteiger partial charge in [0.1, 0.15) is 5.82 Å². The molecule has 2 aliphatic heterocycles. The molecule has 0 saturated carbocycles. The van der Waals surface area contributed by atoms with Gasteiger partial charge in [0.25, 0.3) is 10.2 Å². The first-order valence-electron chi connectivity index (χ1n) is 7.96. The van der Waals surface area contributed by atoms with E-state index in [0.29, 0.717) is 63.5 Å². The van der Waals surface area contributed by atoms with Crippen molar-refractivity contribution < 1.29 is 17.5 Å². The van der Waals surface area contributed by atoms with Gasteiger partial charge in [-0.2, -0.15) is 17.0 Å². The highest BCUT2D eigenvalue weighted by Crippen LogP contribution is 2.19. The summed E-state index contributed by atoms with van der Waals surface area (Å²) in [7, 11) is -3.39. The SMILES string of the molecule is O=S(=O)(N1CCOCC1)N1CCN(Cc2ccc(F)c(Br)c2)CC1. The van der Waals surface area contributed by atoms with E-state index in [2.05, 4.69) is 20.8 Å². The van der Waals surface area contributed by atoms with Crippen LogP contribution in [0.4, 0.5) is 4.39 Å². The molecule has 0 spiro atoms. The molecular weight excluding hydrogens is 401 g/mol. The predicted octanol–water partition coefficient (Wildman–Crippen LogP) is 1.28. The Balaban J connectivity index is 1.56. The minimum atomic E-state index is -3.39. The van der Waals surface area contributed by atoms with Crippen molar-refractivity contribution in [2.75, 3.05) is 52.5 Å². The van der Waals surface area contributed by atoms with Crippen LogP contribution >= 0.6 is 15.9 Å². The van der Waals surface area contributed by atoms with E-state index in [0.717, 1.165) is 5.56 Å². The zero-order valence-corrected chi connectivity index (χ0v) is 15.7. The van der Waals surface area contributed by atoms with Crippen LogP contribution in [-0.4, -0.2) is 74.4 Å². The molecule has 6 nitrogen and oxygen atoms in total. The van der Waals surface area contributed by atoms with Crippen LogP contribution in [0.5, 0.6) is 0 Å². The summed E-state index contributed by atoms with van der Waals surface area (Å²) in [6, 6.07) is 4.97. The molecule has 2 aliphatic rings. The molecule has 1 aromatic rings. The van der Waals surface area contributed by atoms with Crippen molar-refractivity contribution >= 4 is 26.1 Å². The standard InChI is InChI=1S/C15H21BrFN3O3S/c16-14-11-13(1-2-15(14)17)12-18-3-5-19(6-4-18)24(21,22)20-7-9-23-10-8-20/h1-2,11H,3-10,12H2. The summed E-state index contributed by atoms with van der Waals surface area (Å²) >= 11 is 3.19. The largest absolute Gasteiger partial charge is 0.379 e. The Labute approximate surface area is 150 Å². The fourth-order valence-electron chi connectivity index (χ4n) is 2.96. The number of morpholine rings is 1. The third-order valence-electron chi connectivity index (χ3n) is 4.34. The van der Waals surface area contributed by atoms with Gasteiger partial charge in [0.05, 0.1) is 17.7 Å². The van der Waals surface area contributed by atoms with Gasteiger partial charge in [-0.05, 0) is 33.6 Å². The van der Waals surface area contributed by atoms with Crippen LogP contribution in [0.3, 0.4) is 0 Å². The highest BCUT2D eigenvalue weighted by Gasteiger charge is 2.33. The summed E-state index contributed by atoms with van der Waals surface area (Å²) in [6.07, 6.45) is 0. The monoisotopic (exact) mass is 421 g/mol. The Morgan fingerprint density at radius 2 is 1.67 bits per heavy atom. The lowest BCUT2D eigenvalue weighted by Gasteiger charge is -2.37. The molecule has 24 heavy (non-hydrogen) atoms. The average Bonchev–Trinajstić information content (AvgIpc) is 2.59. The van der Waals surface area contributed by atoms with Gasteiger partial charge in [0.2, 0.25) is 0 Å². The number of rotatable bonds is 4. The molecule has 0 unspecified atom stereocenters. The van der Waals surface area contributed by atoms with Crippen LogP contribution in [-0.2, 0) is 21.5 Å². The molecule has 0 aromatic heterocycles. The second-order valence-electron chi connectivity index (χ2n) is 5.94. The summed E-state index contributed by atoms with van der Waals surface area (Å²) in [5.41, 5.74) is 1.01. The van der Waals surface area contributed by atoms with Gasteiger partial charge < -0.3 is 4.74 Å². The molecule has 2 saturated heterocycles. The van der Waals surface area contributed by atoms with Gasteiger partial charge in [0, 0.05) is 45.8 Å². The Morgan fingerprint density at radius 1 is 1.04 bits per heavy atom. The van der Waals surface area contributed by atoms with Crippen molar-refractivity contribution in [1.29, 1.82) is 0 Å². The van der Waals surface area contributed by atoms with Gasteiger partial charge in [-0.1, -0.05) is 6.07 Å². The van der Waals surface area contributed by atoms with Crippen molar-refractivity contribution in [3.05, 3.63) is 34.1 Å². The molecule has 1 aromatic carbocycles. The van der Waals surface area contributed by atoms with Crippen LogP contribution < -0.4 is 0 Å². The molecular formula is C15H21BrFN3O3S. The Hall–Kier alpha value is -0.580. The van der Waals surface area contributed by atoms with Gasteiger partial charge in [-0.3, -0.25) is 4.90 Å². The van der Waals surface area contributed by atoms with Gasteiger partial charge in [0.15, 0.2) is 0 Å². The van der Waals surface area contributed by atoms with Crippen molar-refractivity contribution in [1.82, 2.24) is 13.5 Å². The van der Waals surface area contributed by atoms with Crippen molar-refractivity contribution in [2.45, 2.75) is 6.54 Å². The molecule has 134 valence electrons. The third kappa shape index (κ3) is 4.14. The number of hydrogen-bond acceptors (Lipinski definition) is 4. The third-order valence-corrected chi connectivity index (χ3v) is 6.99. The summed E-state index contributed by atoms with van der Waals surface area (Å²) in [5, 5.41) is 0. The maximum Gasteiger partial charge on any atom is 0.282 e. The maximum atomic E-state index is 13.3. The van der Waals surface area contributed by atoms with Gasteiger partial charge >= 0.3 is 0 Å².